The van der Waals surface area contributed by atoms with E-state index in [0.717, 1.165) is 53.8 Å². The van der Waals surface area contributed by atoms with Crippen LogP contribution in [0.1, 0.15) is 31.2 Å². The van der Waals surface area contributed by atoms with Crippen LogP contribution in [0.5, 0.6) is 17.2 Å². The van der Waals surface area contributed by atoms with Gasteiger partial charge in [-0.2, -0.15) is 0 Å². The minimum absolute atomic E-state index is 0.353. The second kappa shape index (κ2) is 10.7. The van der Waals surface area contributed by atoms with Gasteiger partial charge in [-0.3, -0.25) is 0 Å². The van der Waals surface area contributed by atoms with E-state index in [1.165, 1.54) is 0 Å². The molecule has 36 heavy (non-hydrogen) atoms. The Labute approximate surface area is 216 Å². The van der Waals surface area contributed by atoms with Gasteiger partial charge in [-0.15, -0.1) is 0 Å². The summed E-state index contributed by atoms with van der Waals surface area (Å²) >= 11 is 6.37. The van der Waals surface area contributed by atoms with E-state index in [1.54, 1.807) is 26.4 Å². The largest absolute Gasteiger partial charge is 0.508 e. The monoisotopic (exact) mass is 506 g/mol. The molecule has 5 rings (SSSR count). The van der Waals surface area contributed by atoms with Gasteiger partial charge in [0.25, 0.3) is 0 Å². The molecule has 0 radical (unpaired) electrons. The lowest BCUT2D eigenvalue weighted by molar-refractivity contribution is 0.350. The first-order valence-corrected chi connectivity index (χ1v) is 12.6. The number of phenols is 1. The molecule has 2 aromatic heterocycles. The summed E-state index contributed by atoms with van der Waals surface area (Å²) in [6, 6.07) is 16.2. The van der Waals surface area contributed by atoms with Crippen molar-refractivity contribution in [3.63, 3.8) is 0 Å². The predicted molar refractivity (Wildman–Crippen MR) is 143 cm³/mol. The number of aromatic hydroxyl groups is 1. The maximum atomic E-state index is 9.97. The molecule has 0 unspecified atom stereocenters. The smallest absolute Gasteiger partial charge is 0.141 e. The fraction of sp³-hybridized carbons (Fsp3) is 0.321. The van der Waals surface area contributed by atoms with Crippen LogP contribution in [-0.4, -0.2) is 40.8 Å². The molecule has 0 spiro atoms. The number of pyridine rings is 1. The van der Waals surface area contributed by atoms with Crippen molar-refractivity contribution in [2.75, 3.05) is 19.5 Å². The minimum Gasteiger partial charge on any atom is -0.508 e. The Morgan fingerprint density at radius 2 is 1.75 bits per heavy atom. The highest BCUT2D eigenvalue weighted by molar-refractivity contribution is 6.32. The van der Waals surface area contributed by atoms with Gasteiger partial charge in [0.2, 0.25) is 0 Å². The molecule has 1 saturated carbocycles. The summed E-state index contributed by atoms with van der Waals surface area (Å²) in [6.07, 6.45) is 8.36. The second-order valence-corrected chi connectivity index (χ2v) is 9.60. The molecule has 188 valence electrons. The molecule has 0 atom stereocenters. The number of para-hydroxylation sites is 1. The van der Waals surface area contributed by atoms with Crippen molar-refractivity contribution in [3.05, 3.63) is 71.5 Å². The summed E-state index contributed by atoms with van der Waals surface area (Å²) in [5.74, 6) is 1.58. The third-order valence-corrected chi connectivity index (χ3v) is 7.18. The summed E-state index contributed by atoms with van der Waals surface area (Å²) in [6.45, 7) is 0.693. The number of anilines is 1. The van der Waals surface area contributed by atoms with E-state index in [2.05, 4.69) is 22.8 Å². The third kappa shape index (κ3) is 5.22. The number of methoxy groups -OCH3 is 2. The molecule has 4 aromatic rings. The molecule has 1 aliphatic carbocycles. The van der Waals surface area contributed by atoms with Gasteiger partial charge in [-0.1, -0.05) is 29.8 Å². The quantitative estimate of drug-likeness (QED) is 0.276. The fourth-order valence-electron chi connectivity index (χ4n) is 4.85. The number of nitrogens with zero attached hydrogens (tertiary/aromatic N) is 2. The molecule has 0 aliphatic heterocycles. The van der Waals surface area contributed by atoms with Crippen LogP contribution in [0.4, 0.5) is 5.69 Å². The lowest BCUT2D eigenvalue weighted by Crippen LogP contribution is -2.36. The number of fused-ring (bicyclic) bond motifs is 1. The average Bonchev–Trinajstić information content (AvgIpc) is 3.32. The Morgan fingerprint density at radius 3 is 2.50 bits per heavy atom. The van der Waals surface area contributed by atoms with E-state index in [1.807, 2.05) is 41.1 Å². The molecule has 3 N–H and O–H groups in total. The SMILES string of the molecule is COc1cc(OC)c(-c2cn3ccc(N[C@H]4CC[C@H](NCc5ccccc5O)CC4)cc3n2)cc1Cl. The number of ether oxygens (including phenoxy) is 2. The number of rotatable bonds is 8. The van der Waals surface area contributed by atoms with Gasteiger partial charge in [-0.25, -0.2) is 4.98 Å². The van der Waals surface area contributed by atoms with Crippen LogP contribution in [0.2, 0.25) is 5.02 Å². The lowest BCUT2D eigenvalue weighted by atomic mass is 9.91. The van der Waals surface area contributed by atoms with Crippen molar-refractivity contribution in [2.24, 2.45) is 0 Å². The van der Waals surface area contributed by atoms with Crippen LogP contribution in [0.3, 0.4) is 0 Å². The maximum absolute atomic E-state index is 9.97. The number of hydrogen-bond donors (Lipinski definition) is 3. The number of hydrogen-bond acceptors (Lipinski definition) is 6. The highest BCUT2D eigenvalue weighted by Gasteiger charge is 2.21. The van der Waals surface area contributed by atoms with Crippen molar-refractivity contribution in [3.8, 4) is 28.5 Å². The van der Waals surface area contributed by atoms with E-state index >= 15 is 0 Å². The van der Waals surface area contributed by atoms with E-state index in [0.29, 0.717) is 40.9 Å². The van der Waals surface area contributed by atoms with Gasteiger partial charge in [-0.05, 0) is 43.9 Å². The third-order valence-electron chi connectivity index (χ3n) is 6.88. The molecule has 0 amide bonds. The summed E-state index contributed by atoms with van der Waals surface area (Å²) in [7, 11) is 3.21. The van der Waals surface area contributed by atoms with E-state index in [9.17, 15) is 5.11 Å². The Bertz CT molecular complexity index is 1350. The Kier molecular flexibility index (Phi) is 7.20. The first-order chi connectivity index (χ1) is 17.5. The van der Waals surface area contributed by atoms with Crippen LogP contribution >= 0.6 is 11.6 Å². The summed E-state index contributed by atoms with van der Waals surface area (Å²) in [5, 5.41) is 17.8. The molecule has 2 heterocycles. The number of nitrogens with one attached hydrogen (secondary N) is 2. The van der Waals surface area contributed by atoms with Gasteiger partial charge in [0.15, 0.2) is 0 Å². The van der Waals surface area contributed by atoms with Crippen LogP contribution in [0, 0.1) is 0 Å². The van der Waals surface area contributed by atoms with Crippen molar-refractivity contribution in [1.82, 2.24) is 14.7 Å². The zero-order chi connectivity index (χ0) is 25.1. The molecule has 0 saturated heterocycles. The number of halogens is 1. The molecule has 2 aromatic carbocycles. The van der Waals surface area contributed by atoms with Crippen LogP contribution in [0.15, 0.2) is 60.9 Å². The van der Waals surface area contributed by atoms with E-state index in [-0.39, 0.29) is 0 Å². The number of benzene rings is 2. The van der Waals surface area contributed by atoms with E-state index in [4.69, 9.17) is 26.1 Å². The van der Waals surface area contributed by atoms with Gasteiger partial charge in [0.1, 0.15) is 22.9 Å². The Hall–Kier alpha value is -3.42. The second-order valence-electron chi connectivity index (χ2n) is 9.20. The zero-order valence-corrected chi connectivity index (χ0v) is 21.3. The van der Waals surface area contributed by atoms with Gasteiger partial charge in [0, 0.05) is 60.0 Å². The van der Waals surface area contributed by atoms with Gasteiger partial charge < -0.3 is 29.6 Å². The maximum Gasteiger partial charge on any atom is 0.141 e. The van der Waals surface area contributed by atoms with Gasteiger partial charge >= 0.3 is 0 Å². The van der Waals surface area contributed by atoms with Crippen molar-refractivity contribution >= 4 is 22.9 Å². The summed E-state index contributed by atoms with van der Waals surface area (Å²) in [5.41, 5.74) is 4.45. The van der Waals surface area contributed by atoms with Crippen molar-refractivity contribution in [1.29, 1.82) is 0 Å². The zero-order valence-electron chi connectivity index (χ0n) is 20.5. The molecular formula is C28H31ClN4O3. The van der Waals surface area contributed by atoms with Crippen molar-refractivity contribution in [2.45, 2.75) is 44.3 Å². The van der Waals surface area contributed by atoms with Crippen LogP contribution < -0.4 is 20.1 Å². The molecule has 7 nitrogen and oxygen atoms in total. The highest BCUT2D eigenvalue weighted by atomic mass is 35.5. The lowest BCUT2D eigenvalue weighted by Gasteiger charge is -2.30. The van der Waals surface area contributed by atoms with Crippen LogP contribution in [0.25, 0.3) is 16.9 Å². The van der Waals surface area contributed by atoms with Crippen molar-refractivity contribution < 1.29 is 14.6 Å². The molecular weight excluding hydrogens is 476 g/mol. The standard InChI is InChI=1S/C28H31ClN4O3/c1-35-26-15-27(36-2)23(29)14-22(26)24-17-33-12-11-21(13-28(33)32-24)31-20-9-7-19(8-10-20)30-16-18-5-3-4-6-25(18)34/h3-6,11-15,17,19-20,30-31,34H,7-10,16H2,1-2H3/t19-,20-. The first-order valence-electron chi connectivity index (χ1n) is 12.2. The highest BCUT2D eigenvalue weighted by Crippen LogP contribution is 2.38. The normalized spacial score (nSPS) is 17.8. The number of aromatic nitrogens is 2. The molecule has 0 bridgehead atoms. The first kappa shape index (κ1) is 24.3. The molecule has 1 fully saturated rings. The Balaban J connectivity index is 1.22. The minimum atomic E-state index is 0.353. The molecule has 8 heteroatoms. The Morgan fingerprint density at radius 1 is 1.00 bits per heavy atom. The number of phenolic OH excluding ortho intramolecular Hbond substituents is 1. The molecule has 1 aliphatic rings. The van der Waals surface area contributed by atoms with E-state index < -0.39 is 0 Å². The summed E-state index contributed by atoms with van der Waals surface area (Å²) < 4.78 is 12.9. The van der Waals surface area contributed by atoms with Crippen LogP contribution in [-0.2, 0) is 6.54 Å². The van der Waals surface area contributed by atoms with Gasteiger partial charge in [0.05, 0.1) is 24.9 Å². The fourth-order valence-corrected chi connectivity index (χ4v) is 5.09. The topological polar surface area (TPSA) is 80.0 Å². The average molecular weight is 507 g/mol. The predicted octanol–water partition coefficient (Wildman–Crippen LogP) is 5.89. The summed E-state index contributed by atoms with van der Waals surface area (Å²) in [4.78, 5) is 4.83. The number of imidazole rings is 1.